The number of rotatable bonds is 6. The zero-order chi connectivity index (χ0) is 21.1. The van der Waals surface area contributed by atoms with Crippen LogP contribution in [0.15, 0.2) is 76.3 Å². The number of aromatic nitrogens is 1. The number of nitro groups is 1. The number of nitrogens with zero attached hydrogens (tertiary/aromatic N) is 3. The van der Waals surface area contributed by atoms with Gasteiger partial charge in [-0.15, -0.1) is 0 Å². The van der Waals surface area contributed by atoms with Crippen LogP contribution in [0.25, 0.3) is 10.9 Å². The van der Waals surface area contributed by atoms with Gasteiger partial charge in [0.2, 0.25) is 5.76 Å². The first-order valence-electron chi connectivity index (χ1n) is 9.08. The van der Waals surface area contributed by atoms with Gasteiger partial charge in [0, 0.05) is 41.0 Å². The minimum absolute atomic E-state index is 0.0234. The molecule has 4 rings (SSSR count). The quantitative estimate of drug-likeness (QED) is 0.201. The number of carbonyl (C=O) groups is 1. The molecule has 4 aromatic rings. The zero-order valence-electron chi connectivity index (χ0n) is 16.0. The second kappa shape index (κ2) is 8.04. The van der Waals surface area contributed by atoms with Gasteiger partial charge in [-0.2, -0.15) is 0 Å². The van der Waals surface area contributed by atoms with Crippen LogP contribution in [0, 0.1) is 10.1 Å². The Hall–Kier alpha value is -4.20. The number of benzene rings is 2. The van der Waals surface area contributed by atoms with E-state index in [-0.39, 0.29) is 11.4 Å². The van der Waals surface area contributed by atoms with E-state index in [1.807, 2.05) is 35.0 Å². The molecule has 0 saturated carbocycles. The van der Waals surface area contributed by atoms with E-state index in [4.69, 9.17) is 4.42 Å². The van der Waals surface area contributed by atoms with E-state index in [0.29, 0.717) is 18.0 Å². The molecule has 0 aliphatic carbocycles. The third kappa shape index (κ3) is 3.83. The number of methoxy groups -OCH3 is 1. The first-order valence-corrected chi connectivity index (χ1v) is 9.08. The van der Waals surface area contributed by atoms with Crippen molar-refractivity contribution in [2.24, 2.45) is 4.99 Å². The highest BCUT2D eigenvalue weighted by Gasteiger charge is 2.13. The highest BCUT2D eigenvalue weighted by atomic mass is 16.6. The fourth-order valence-electron chi connectivity index (χ4n) is 3.15. The van der Waals surface area contributed by atoms with Gasteiger partial charge >= 0.3 is 5.97 Å². The summed E-state index contributed by atoms with van der Waals surface area (Å²) in [7, 11) is 1.31. The van der Waals surface area contributed by atoms with Crippen LogP contribution >= 0.6 is 0 Å². The van der Waals surface area contributed by atoms with Crippen molar-refractivity contribution in [2.45, 2.75) is 6.54 Å². The Morgan fingerprint density at radius 1 is 1.17 bits per heavy atom. The molecule has 0 radical (unpaired) electrons. The monoisotopic (exact) mass is 403 g/mol. The molecule has 2 heterocycles. The molecular formula is C22H17N3O5. The predicted octanol–water partition coefficient (Wildman–Crippen LogP) is 4.73. The maximum atomic E-state index is 11.6. The molecule has 0 aliphatic rings. The normalized spacial score (nSPS) is 11.2. The third-order valence-electron chi connectivity index (χ3n) is 4.61. The SMILES string of the molecule is COC(=O)c1ccc(Cn2cc(C=Nc3ccc([N+](=O)[O-])cc3)c3ccccc32)o1. The van der Waals surface area contributed by atoms with Gasteiger partial charge < -0.3 is 13.7 Å². The number of nitro benzene ring substituents is 1. The summed E-state index contributed by atoms with van der Waals surface area (Å²) in [6.45, 7) is 0.433. The van der Waals surface area contributed by atoms with Crippen molar-refractivity contribution in [3.05, 3.63) is 94.1 Å². The Morgan fingerprint density at radius 3 is 2.67 bits per heavy atom. The molecule has 0 spiro atoms. The lowest BCUT2D eigenvalue weighted by atomic mass is 10.2. The molecule has 2 aromatic heterocycles. The molecule has 0 amide bonds. The van der Waals surface area contributed by atoms with Gasteiger partial charge in [-0.05, 0) is 30.3 Å². The topological polar surface area (TPSA) is 99.9 Å². The van der Waals surface area contributed by atoms with Gasteiger partial charge in [-0.3, -0.25) is 15.1 Å². The van der Waals surface area contributed by atoms with E-state index in [9.17, 15) is 14.9 Å². The number of para-hydroxylation sites is 1. The number of fused-ring (bicyclic) bond motifs is 1. The van der Waals surface area contributed by atoms with E-state index >= 15 is 0 Å². The molecule has 0 saturated heterocycles. The summed E-state index contributed by atoms with van der Waals surface area (Å²) in [4.78, 5) is 26.4. The summed E-state index contributed by atoms with van der Waals surface area (Å²) >= 11 is 0. The van der Waals surface area contributed by atoms with Crippen LogP contribution in [0.4, 0.5) is 11.4 Å². The third-order valence-corrected chi connectivity index (χ3v) is 4.61. The van der Waals surface area contributed by atoms with Crippen molar-refractivity contribution in [2.75, 3.05) is 7.11 Å². The Kier molecular flexibility index (Phi) is 5.13. The molecule has 0 unspecified atom stereocenters. The molecule has 8 nitrogen and oxygen atoms in total. The van der Waals surface area contributed by atoms with Crippen molar-refractivity contribution in [1.29, 1.82) is 0 Å². The van der Waals surface area contributed by atoms with Crippen LogP contribution < -0.4 is 0 Å². The zero-order valence-corrected chi connectivity index (χ0v) is 16.0. The molecule has 150 valence electrons. The number of ether oxygens (including phenoxy) is 1. The van der Waals surface area contributed by atoms with E-state index in [1.54, 1.807) is 30.5 Å². The largest absolute Gasteiger partial charge is 0.463 e. The Bertz CT molecular complexity index is 1250. The van der Waals surface area contributed by atoms with Crippen LogP contribution in [-0.4, -0.2) is 28.8 Å². The number of aliphatic imine (C=N–C) groups is 1. The van der Waals surface area contributed by atoms with Gasteiger partial charge in [-0.25, -0.2) is 4.79 Å². The van der Waals surface area contributed by atoms with E-state index in [2.05, 4.69) is 9.73 Å². The number of hydrogen-bond acceptors (Lipinski definition) is 6. The second-order valence-electron chi connectivity index (χ2n) is 6.52. The van der Waals surface area contributed by atoms with Gasteiger partial charge in [0.05, 0.1) is 24.3 Å². The molecule has 0 atom stereocenters. The Labute approximate surface area is 171 Å². The van der Waals surface area contributed by atoms with Crippen molar-refractivity contribution < 1.29 is 18.9 Å². The van der Waals surface area contributed by atoms with Crippen molar-refractivity contribution in [1.82, 2.24) is 4.57 Å². The number of esters is 1. The van der Waals surface area contributed by atoms with Crippen LogP contribution in [0.2, 0.25) is 0 Å². The van der Waals surface area contributed by atoms with Crippen molar-refractivity contribution >= 4 is 34.5 Å². The number of carbonyl (C=O) groups excluding carboxylic acids is 1. The van der Waals surface area contributed by atoms with E-state index in [1.165, 1.54) is 19.2 Å². The van der Waals surface area contributed by atoms with Gasteiger partial charge in [0.15, 0.2) is 0 Å². The fraction of sp³-hybridized carbons (Fsp3) is 0.0909. The Morgan fingerprint density at radius 2 is 1.93 bits per heavy atom. The molecule has 30 heavy (non-hydrogen) atoms. The van der Waals surface area contributed by atoms with E-state index in [0.717, 1.165) is 16.5 Å². The lowest BCUT2D eigenvalue weighted by molar-refractivity contribution is -0.384. The Balaban J connectivity index is 1.62. The van der Waals surface area contributed by atoms with E-state index < -0.39 is 10.9 Å². The summed E-state index contributed by atoms with van der Waals surface area (Å²) in [5.74, 6) is 0.258. The first kappa shape index (κ1) is 19.1. The lowest BCUT2D eigenvalue weighted by Crippen LogP contribution is -1.99. The number of hydrogen-bond donors (Lipinski definition) is 0. The lowest BCUT2D eigenvalue weighted by Gasteiger charge is -2.02. The molecular weight excluding hydrogens is 386 g/mol. The van der Waals surface area contributed by atoms with Gasteiger partial charge in [0.25, 0.3) is 5.69 Å². The van der Waals surface area contributed by atoms with Crippen molar-refractivity contribution in [3.8, 4) is 0 Å². The maximum absolute atomic E-state index is 11.6. The van der Waals surface area contributed by atoms with Crippen LogP contribution in [0.1, 0.15) is 21.9 Å². The molecule has 0 aliphatic heterocycles. The van der Waals surface area contributed by atoms with Gasteiger partial charge in [-0.1, -0.05) is 18.2 Å². The minimum atomic E-state index is -0.519. The molecule has 0 fully saturated rings. The summed E-state index contributed by atoms with van der Waals surface area (Å²) < 4.78 is 12.3. The number of non-ortho nitro benzene ring substituents is 1. The van der Waals surface area contributed by atoms with Crippen LogP contribution in [-0.2, 0) is 11.3 Å². The summed E-state index contributed by atoms with van der Waals surface area (Å²) in [5, 5.41) is 11.8. The molecule has 2 aromatic carbocycles. The van der Waals surface area contributed by atoms with Crippen LogP contribution in [0.5, 0.6) is 0 Å². The predicted molar refractivity (Wildman–Crippen MR) is 111 cm³/mol. The molecule has 0 bridgehead atoms. The molecule has 8 heteroatoms. The standard InChI is InChI=1S/C22H17N3O5/c1-29-22(26)21-11-10-18(30-21)14-24-13-15(19-4-2-3-5-20(19)24)12-23-16-6-8-17(9-7-16)25(27)28/h2-13H,14H2,1H3. The maximum Gasteiger partial charge on any atom is 0.373 e. The molecule has 0 N–H and O–H groups in total. The average Bonchev–Trinajstić information content (AvgIpc) is 3.37. The van der Waals surface area contributed by atoms with Crippen LogP contribution in [0.3, 0.4) is 0 Å². The number of furan rings is 1. The first-order chi connectivity index (χ1) is 14.5. The smallest absolute Gasteiger partial charge is 0.373 e. The van der Waals surface area contributed by atoms with Gasteiger partial charge in [0.1, 0.15) is 5.76 Å². The summed E-state index contributed by atoms with van der Waals surface area (Å²) in [6, 6.07) is 17.2. The highest BCUT2D eigenvalue weighted by Crippen LogP contribution is 2.23. The average molecular weight is 403 g/mol. The fourth-order valence-corrected chi connectivity index (χ4v) is 3.15. The van der Waals surface area contributed by atoms with Crippen molar-refractivity contribution in [3.63, 3.8) is 0 Å². The summed E-state index contributed by atoms with van der Waals surface area (Å²) in [5.41, 5.74) is 2.52. The highest BCUT2D eigenvalue weighted by molar-refractivity contribution is 6.00. The summed E-state index contributed by atoms with van der Waals surface area (Å²) in [6.07, 6.45) is 3.67. The second-order valence-corrected chi connectivity index (χ2v) is 6.52. The minimum Gasteiger partial charge on any atom is -0.463 e.